The van der Waals surface area contributed by atoms with Gasteiger partial charge in [-0.1, -0.05) is 0 Å². The Bertz CT molecular complexity index is 502. The molecule has 2 aromatic rings. The van der Waals surface area contributed by atoms with Crippen molar-refractivity contribution in [2.75, 3.05) is 29.5 Å². The number of hydrogen-bond acceptors (Lipinski definition) is 4. The Morgan fingerprint density at radius 3 is 2.88 bits per heavy atom. The molecule has 0 spiro atoms. The Hall–Kier alpha value is -1.23. The molecule has 5 heteroatoms. The number of hydrogen-bond donors (Lipinski definition) is 0. The molecule has 0 atom stereocenters. The van der Waals surface area contributed by atoms with Crippen LogP contribution in [-0.2, 0) is 7.05 Å². The lowest BCUT2D eigenvalue weighted by Gasteiger charge is -2.27. The fraction of sp³-hybridized carbons (Fsp3) is 0.455. The summed E-state index contributed by atoms with van der Waals surface area (Å²) in [4.78, 5) is 11.1. The first kappa shape index (κ1) is 9.96. The van der Waals surface area contributed by atoms with Crippen LogP contribution in [0, 0.1) is 0 Å². The Morgan fingerprint density at radius 1 is 1.25 bits per heavy atom. The molecule has 1 fully saturated rings. The van der Waals surface area contributed by atoms with Crippen molar-refractivity contribution in [1.29, 1.82) is 0 Å². The average Bonchev–Trinajstić information content (AvgIpc) is 2.73. The number of anilines is 1. The molecule has 0 radical (unpaired) electrons. The van der Waals surface area contributed by atoms with Crippen LogP contribution in [-0.4, -0.2) is 39.1 Å². The molecule has 2 aromatic heterocycles. The molecule has 3 heterocycles. The second-order valence-electron chi connectivity index (χ2n) is 3.96. The summed E-state index contributed by atoms with van der Waals surface area (Å²) in [6.45, 7) is 2.18. The first-order valence-electron chi connectivity index (χ1n) is 5.45. The zero-order chi connectivity index (χ0) is 11.0. The largest absolute Gasteiger partial charge is 0.354 e. The summed E-state index contributed by atoms with van der Waals surface area (Å²) in [6.07, 6.45) is 3.71. The molecule has 1 saturated heterocycles. The van der Waals surface area contributed by atoms with Crippen molar-refractivity contribution in [1.82, 2.24) is 14.5 Å². The van der Waals surface area contributed by atoms with Crippen molar-refractivity contribution in [3.63, 3.8) is 0 Å². The van der Waals surface area contributed by atoms with E-state index < -0.39 is 0 Å². The van der Waals surface area contributed by atoms with E-state index in [1.165, 1.54) is 11.5 Å². The van der Waals surface area contributed by atoms with E-state index in [0.29, 0.717) is 0 Å². The van der Waals surface area contributed by atoms with Gasteiger partial charge in [-0.15, -0.1) is 0 Å². The highest BCUT2D eigenvalue weighted by Gasteiger charge is 2.16. The summed E-state index contributed by atoms with van der Waals surface area (Å²) in [5.41, 5.74) is 1.02. The molecule has 0 amide bonds. The molecule has 0 aliphatic carbocycles. The molecule has 16 heavy (non-hydrogen) atoms. The molecule has 0 N–H and O–H groups in total. The van der Waals surface area contributed by atoms with Crippen LogP contribution in [0.1, 0.15) is 0 Å². The summed E-state index contributed by atoms with van der Waals surface area (Å²) in [5.74, 6) is 3.47. The van der Waals surface area contributed by atoms with Crippen LogP contribution in [0.4, 0.5) is 5.82 Å². The zero-order valence-corrected chi connectivity index (χ0v) is 10.1. The third kappa shape index (κ3) is 1.55. The van der Waals surface area contributed by atoms with Gasteiger partial charge in [0.05, 0.1) is 5.39 Å². The number of aromatic nitrogens is 3. The van der Waals surface area contributed by atoms with Gasteiger partial charge in [0.15, 0.2) is 0 Å². The number of rotatable bonds is 1. The molecule has 0 saturated carbocycles. The van der Waals surface area contributed by atoms with Crippen LogP contribution in [0.3, 0.4) is 0 Å². The standard InChI is InChI=1S/C11H14N4S/c1-14-3-2-9-10(14)12-8-13-11(9)15-4-6-16-7-5-15/h2-3,8H,4-7H2,1H3. The lowest BCUT2D eigenvalue weighted by molar-refractivity contribution is 0.840. The molecule has 1 aliphatic heterocycles. The summed E-state index contributed by atoms with van der Waals surface area (Å²) in [5, 5.41) is 1.16. The third-order valence-corrected chi connectivity index (χ3v) is 3.89. The van der Waals surface area contributed by atoms with Gasteiger partial charge in [0.25, 0.3) is 0 Å². The lowest BCUT2D eigenvalue weighted by Crippen LogP contribution is -2.33. The molecular formula is C11H14N4S. The van der Waals surface area contributed by atoms with Gasteiger partial charge in [0.1, 0.15) is 17.8 Å². The van der Waals surface area contributed by atoms with E-state index in [9.17, 15) is 0 Å². The lowest BCUT2D eigenvalue weighted by atomic mass is 10.3. The molecule has 0 bridgehead atoms. The van der Waals surface area contributed by atoms with Gasteiger partial charge in [-0.3, -0.25) is 0 Å². The maximum atomic E-state index is 4.44. The monoisotopic (exact) mass is 234 g/mol. The average molecular weight is 234 g/mol. The second kappa shape index (κ2) is 3.97. The third-order valence-electron chi connectivity index (χ3n) is 2.95. The molecular weight excluding hydrogens is 220 g/mol. The van der Waals surface area contributed by atoms with Gasteiger partial charge in [0.2, 0.25) is 0 Å². The quantitative estimate of drug-likeness (QED) is 0.749. The van der Waals surface area contributed by atoms with Gasteiger partial charge in [-0.2, -0.15) is 11.8 Å². The number of aryl methyl sites for hydroxylation is 1. The van der Waals surface area contributed by atoms with Crippen molar-refractivity contribution in [2.24, 2.45) is 7.05 Å². The van der Waals surface area contributed by atoms with Gasteiger partial charge < -0.3 is 9.47 Å². The van der Waals surface area contributed by atoms with Crippen molar-refractivity contribution < 1.29 is 0 Å². The fourth-order valence-corrected chi connectivity index (χ4v) is 2.99. The summed E-state index contributed by atoms with van der Waals surface area (Å²) >= 11 is 2.01. The molecule has 4 nitrogen and oxygen atoms in total. The van der Waals surface area contributed by atoms with Crippen LogP contribution in [0.5, 0.6) is 0 Å². The van der Waals surface area contributed by atoms with E-state index in [1.807, 2.05) is 29.6 Å². The van der Waals surface area contributed by atoms with Crippen LogP contribution < -0.4 is 4.90 Å². The van der Waals surface area contributed by atoms with Crippen LogP contribution in [0.15, 0.2) is 18.6 Å². The summed E-state index contributed by atoms with van der Waals surface area (Å²) in [7, 11) is 2.02. The fourth-order valence-electron chi connectivity index (χ4n) is 2.09. The minimum absolute atomic E-state index is 1.02. The van der Waals surface area contributed by atoms with Gasteiger partial charge in [0, 0.05) is 37.8 Å². The predicted molar refractivity (Wildman–Crippen MR) is 68.0 cm³/mol. The van der Waals surface area contributed by atoms with E-state index in [2.05, 4.69) is 20.9 Å². The number of nitrogens with zero attached hydrogens (tertiary/aromatic N) is 4. The smallest absolute Gasteiger partial charge is 0.145 e. The van der Waals surface area contributed by atoms with E-state index in [1.54, 1.807) is 6.33 Å². The number of thioether (sulfide) groups is 1. The Morgan fingerprint density at radius 2 is 2.06 bits per heavy atom. The SMILES string of the molecule is Cn1ccc2c(N3CCSCC3)ncnc21. The minimum Gasteiger partial charge on any atom is -0.354 e. The van der Waals surface area contributed by atoms with Gasteiger partial charge in [-0.05, 0) is 6.07 Å². The van der Waals surface area contributed by atoms with Crippen molar-refractivity contribution >= 4 is 28.6 Å². The maximum Gasteiger partial charge on any atom is 0.145 e. The first-order valence-corrected chi connectivity index (χ1v) is 6.60. The topological polar surface area (TPSA) is 34.0 Å². The molecule has 3 rings (SSSR count). The number of fused-ring (bicyclic) bond motifs is 1. The molecule has 0 unspecified atom stereocenters. The van der Waals surface area contributed by atoms with E-state index >= 15 is 0 Å². The molecule has 84 valence electrons. The van der Waals surface area contributed by atoms with Gasteiger partial charge in [-0.25, -0.2) is 9.97 Å². The van der Waals surface area contributed by atoms with Crippen molar-refractivity contribution in [3.05, 3.63) is 18.6 Å². The van der Waals surface area contributed by atoms with Crippen LogP contribution in [0.25, 0.3) is 11.0 Å². The summed E-state index contributed by atoms with van der Waals surface area (Å²) < 4.78 is 2.04. The molecule has 0 aromatic carbocycles. The van der Waals surface area contributed by atoms with Crippen LogP contribution >= 0.6 is 11.8 Å². The second-order valence-corrected chi connectivity index (χ2v) is 5.19. The zero-order valence-electron chi connectivity index (χ0n) is 9.26. The Kier molecular flexibility index (Phi) is 2.47. The molecule has 1 aliphatic rings. The Balaban J connectivity index is 2.08. The maximum absolute atomic E-state index is 4.44. The van der Waals surface area contributed by atoms with E-state index in [0.717, 1.165) is 29.9 Å². The van der Waals surface area contributed by atoms with Crippen molar-refractivity contribution in [3.8, 4) is 0 Å². The van der Waals surface area contributed by atoms with E-state index in [-0.39, 0.29) is 0 Å². The Labute approximate surface area is 98.7 Å². The summed E-state index contributed by atoms with van der Waals surface area (Å²) in [6, 6.07) is 2.10. The van der Waals surface area contributed by atoms with E-state index in [4.69, 9.17) is 0 Å². The van der Waals surface area contributed by atoms with Gasteiger partial charge >= 0.3 is 0 Å². The highest BCUT2D eigenvalue weighted by Crippen LogP contribution is 2.25. The highest BCUT2D eigenvalue weighted by molar-refractivity contribution is 7.99. The highest BCUT2D eigenvalue weighted by atomic mass is 32.2. The minimum atomic E-state index is 1.02. The first-order chi connectivity index (χ1) is 7.86. The van der Waals surface area contributed by atoms with Crippen LogP contribution in [0.2, 0.25) is 0 Å². The normalized spacial score (nSPS) is 16.9. The predicted octanol–water partition coefficient (Wildman–Crippen LogP) is 1.52. The van der Waals surface area contributed by atoms with Crippen molar-refractivity contribution in [2.45, 2.75) is 0 Å².